The van der Waals surface area contributed by atoms with Gasteiger partial charge in [-0.05, 0) is 48.2 Å². The van der Waals surface area contributed by atoms with Crippen molar-refractivity contribution in [2.75, 3.05) is 0 Å². The molecule has 0 aliphatic rings. The highest BCUT2D eigenvalue weighted by atomic mass is 32.1. The maximum atomic E-state index is 13.1. The van der Waals surface area contributed by atoms with Gasteiger partial charge in [0.25, 0.3) is 11.8 Å². The molecule has 11 nitrogen and oxygen atoms in total. The molecule has 0 unspecified atom stereocenters. The minimum absolute atomic E-state index is 0.0220. The van der Waals surface area contributed by atoms with Crippen molar-refractivity contribution in [1.29, 1.82) is 0 Å². The smallest absolute Gasteiger partial charge is 0.433 e. The summed E-state index contributed by atoms with van der Waals surface area (Å²) in [6.45, 7) is 1.15. The number of aryl methyl sites for hydroxylation is 2. The van der Waals surface area contributed by atoms with Crippen LogP contribution in [0, 0.1) is 0 Å². The fraction of sp³-hybridized carbons (Fsp3) is 0.333. The van der Waals surface area contributed by atoms with Gasteiger partial charge in [-0.1, -0.05) is 40.8 Å². The number of benzene rings is 2. The summed E-state index contributed by atoms with van der Waals surface area (Å²) in [5, 5.41) is 21.7. The van der Waals surface area contributed by atoms with Crippen molar-refractivity contribution in [3.8, 4) is 11.5 Å². The SMILES string of the molecule is CC(F)(F)Oc1cccc(CNC(=O)c2cn(CCCCc3nnc(C(=O)NCc4cccc(OC(F)(F)F)c4)s3)nn2)c1. The van der Waals surface area contributed by atoms with E-state index in [9.17, 15) is 31.5 Å². The zero-order valence-corrected chi connectivity index (χ0v) is 23.9. The predicted octanol–water partition coefficient (Wildman–Crippen LogP) is 4.90. The van der Waals surface area contributed by atoms with E-state index in [0.29, 0.717) is 48.9 Å². The van der Waals surface area contributed by atoms with Gasteiger partial charge in [0.2, 0.25) is 5.01 Å². The monoisotopic (exact) mass is 639 g/mol. The van der Waals surface area contributed by atoms with Gasteiger partial charge in [-0.2, -0.15) is 8.78 Å². The van der Waals surface area contributed by atoms with Crippen molar-refractivity contribution < 1.29 is 41.0 Å². The molecule has 0 aliphatic heterocycles. The first kappa shape index (κ1) is 32.2. The summed E-state index contributed by atoms with van der Waals surface area (Å²) < 4.78 is 73.3. The number of nitrogens with zero attached hydrogens (tertiary/aromatic N) is 5. The van der Waals surface area contributed by atoms with E-state index in [1.165, 1.54) is 35.1 Å². The highest BCUT2D eigenvalue weighted by Crippen LogP contribution is 2.24. The molecule has 0 atom stereocenters. The number of unbranched alkanes of at least 4 members (excludes halogenated alkanes) is 1. The molecule has 234 valence electrons. The summed E-state index contributed by atoms with van der Waals surface area (Å²) in [5.74, 6) is -1.39. The maximum Gasteiger partial charge on any atom is 0.573 e. The van der Waals surface area contributed by atoms with Crippen molar-refractivity contribution >= 4 is 23.2 Å². The fourth-order valence-corrected chi connectivity index (χ4v) is 4.62. The molecule has 2 aromatic heterocycles. The largest absolute Gasteiger partial charge is 0.573 e. The van der Waals surface area contributed by atoms with Crippen LogP contribution in [0.5, 0.6) is 11.5 Å². The third-order valence-electron chi connectivity index (χ3n) is 5.69. The van der Waals surface area contributed by atoms with Gasteiger partial charge in [0, 0.05) is 33.0 Å². The molecule has 0 fully saturated rings. The van der Waals surface area contributed by atoms with Crippen LogP contribution < -0.4 is 20.1 Å². The van der Waals surface area contributed by atoms with Crippen molar-refractivity contribution in [2.45, 2.75) is 58.3 Å². The highest BCUT2D eigenvalue weighted by Gasteiger charge is 2.31. The molecular formula is C27H26F5N7O4S. The van der Waals surface area contributed by atoms with Crippen LogP contribution in [0.4, 0.5) is 22.0 Å². The van der Waals surface area contributed by atoms with E-state index in [2.05, 4.69) is 40.6 Å². The molecular weight excluding hydrogens is 613 g/mol. The van der Waals surface area contributed by atoms with Gasteiger partial charge in [0.15, 0.2) is 5.69 Å². The van der Waals surface area contributed by atoms with Crippen LogP contribution in [0.1, 0.15) is 56.2 Å². The topological polar surface area (TPSA) is 133 Å². The zero-order valence-electron chi connectivity index (χ0n) is 23.1. The number of hydrogen-bond acceptors (Lipinski definition) is 9. The van der Waals surface area contributed by atoms with E-state index in [-0.39, 0.29) is 35.3 Å². The van der Waals surface area contributed by atoms with Crippen LogP contribution in [0.25, 0.3) is 0 Å². The molecule has 2 N–H and O–H groups in total. The number of ether oxygens (including phenoxy) is 2. The lowest BCUT2D eigenvalue weighted by Crippen LogP contribution is -2.23. The second-order valence-corrected chi connectivity index (χ2v) is 10.5. The van der Waals surface area contributed by atoms with Gasteiger partial charge in [-0.3, -0.25) is 14.3 Å². The Bertz CT molecular complexity index is 1460. The Morgan fingerprint density at radius 3 is 2.14 bits per heavy atom. The maximum absolute atomic E-state index is 13.1. The standard InChI is InChI=1S/C27H26F5N7O4S/c1-26(28,29)42-19-8-4-6-17(12-19)14-33-23(40)21-16-39(38-35-21)11-3-2-10-22-36-37-25(44-22)24(41)34-15-18-7-5-9-20(13-18)43-27(30,31)32/h4-9,12-13,16H,2-3,10-11,14-15H2,1H3,(H,33,40)(H,34,41). The van der Waals surface area contributed by atoms with Gasteiger partial charge < -0.3 is 20.1 Å². The molecule has 0 aliphatic carbocycles. The van der Waals surface area contributed by atoms with E-state index < -0.39 is 24.3 Å². The number of carbonyl (C=O) groups excluding carboxylic acids is 2. The minimum Gasteiger partial charge on any atom is -0.433 e. The second-order valence-electron chi connectivity index (χ2n) is 9.44. The Balaban J connectivity index is 1.16. The second kappa shape index (κ2) is 14.2. The minimum atomic E-state index is -4.81. The predicted molar refractivity (Wildman–Crippen MR) is 146 cm³/mol. The number of amides is 2. The Morgan fingerprint density at radius 2 is 1.50 bits per heavy atom. The van der Waals surface area contributed by atoms with Gasteiger partial charge in [0.05, 0.1) is 6.20 Å². The first-order chi connectivity index (χ1) is 20.8. The molecule has 0 spiro atoms. The third kappa shape index (κ3) is 10.6. The third-order valence-corrected chi connectivity index (χ3v) is 6.68. The molecule has 2 aromatic carbocycles. The quantitative estimate of drug-likeness (QED) is 0.147. The summed E-state index contributed by atoms with van der Waals surface area (Å²) in [4.78, 5) is 24.8. The normalized spacial score (nSPS) is 11.7. The van der Waals surface area contributed by atoms with Crippen molar-refractivity contribution in [3.05, 3.63) is 81.6 Å². The Labute approximate surface area is 251 Å². The van der Waals surface area contributed by atoms with Gasteiger partial charge in [-0.15, -0.1) is 28.5 Å². The average molecular weight is 640 g/mol. The Hall–Kier alpha value is -4.67. The summed E-state index contributed by atoms with van der Waals surface area (Å²) in [6.07, 6.45) is -4.76. The van der Waals surface area contributed by atoms with Crippen LogP contribution in [-0.2, 0) is 26.1 Å². The van der Waals surface area contributed by atoms with Crippen molar-refractivity contribution in [2.24, 2.45) is 0 Å². The lowest BCUT2D eigenvalue weighted by molar-refractivity contribution is -0.274. The van der Waals surface area contributed by atoms with Gasteiger partial charge >= 0.3 is 12.5 Å². The number of hydrogen-bond donors (Lipinski definition) is 2. The molecule has 17 heteroatoms. The molecule has 4 rings (SSSR count). The van der Waals surface area contributed by atoms with E-state index in [1.807, 2.05) is 0 Å². The van der Waals surface area contributed by atoms with Crippen LogP contribution in [-0.4, -0.2) is 49.5 Å². The van der Waals surface area contributed by atoms with E-state index in [1.54, 1.807) is 18.2 Å². The number of nitrogens with one attached hydrogen (secondary N) is 2. The molecule has 0 radical (unpaired) electrons. The first-order valence-electron chi connectivity index (χ1n) is 13.1. The van der Waals surface area contributed by atoms with Gasteiger partial charge in [0.1, 0.15) is 16.5 Å². The Kier molecular flexibility index (Phi) is 10.4. The lowest BCUT2D eigenvalue weighted by Gasteiger charge is -2.13. The summed E-state index contributed by atoms with van der Waals surface area (Å²) >= 11 is 1.11. The average Bonchev–Trinajstić information content (AvgIpc) is 3.62. The zero-order chi connectivity index (χ0) is 31.7. The summed E-state index contributed by atoms with van der Waals surface area (Å²) in [6, 6.07) is 11.3. The first-order valence-corrected chi connectivity index (χ1v) is 13.9. The van der Waals surface area contributed by atoms with Crippen LogP contribution in [0.15, 0.2) is 54.7 Å². The number of rotatable bonds is 14. The van der Waals surface area contributed by atoms with Crippen molar-refractivity contribution in [1.82, 2.24) is 35.8 Å². The van der Waals surface area contributed by atoms with Crippen LogP contribution in [0.2, 0.25) is 0 Å². The lowest BCUT2D eigenvalue weighted by atomic mass is 10.2. The van der Waals surface area contributed by atoms with E-state index >= 15 is 0 Å². The number of alkyl halides is 5. The molecule has 0 saturated carbocycles. The molecule has 2 amide bonds. The van der Waals surface area contributed by atoms with Gasteiger partial charge in [-0.25, -0.2) is 0 Å². The van der Waals surface area contributed by atoms with E-state index in [4.69, 9.17) is 0 Å². The molecule has 4 aromatic rings. The van der Waals surface area contributed by atoms with E-state index in [0.717, 1.165) is 17.4 Å². The number of aromatic nitrogens is 5. The molecule has 44 heavy (non-hydrogen) atoms. The molecule has 2 heterocycles. The summed E-state index contributed by atoms with van der Waals surface area (Å²) in [5.41, 5.74) is 1.08. The number of halogens is 5. The molecule has 0 saturated heterocycles. The van der Waals surface area contributed by atoms with Crippen LogP contribution in [0.3, 0.4) is 0 Å². The number of carbonyl (C=O) groups is 2. The summed E-state index contributed by atoms with van der Waals surface area (Å²) in [7, 11) is 0. The molecule has 0 bridgehead atoms. The Morgan fingerprint density at radius 1 is 0.864 bits per heavy atom. The van der Waals surface area contributed by atoms with Crippen molar-refractivity contribution in [3.63, 3.8) is 0 Å². The highest BCUT2D eigenvalue weighted by molar-refractivity contribution is 7.13. The van der Waals surface area contributed by atoms with Crippen LogP contribution >= 0.6 is 11.3 Å². The fourth-order valence-electron chi connectivity index (χ4n) is 3.82.